The van der Waals surface area contributed by atoms with Gasteiger partial charge in [-0.05, 0) is 55.8 Å². The van der Waals surface area contributed by atoms with Gasteiger partial charge in [-0.1, -0.05) is 28.9 Å². The Morgan fingerprint density at radius 3 is 2.19 bits per heavy atom. The predicted octanol–water partition coefficient (Wildman–Crippen LogP) is 4.36. The number of halogens is 1. The zero-order valence-electron chi connectivity index (χ0n) is 14.3. The number of nitrogens with one attached hydrogen (secondary N) is 2. The molecule has 26 heavy (non-hydrogen) atoms. The van der Waals surface area contributed by atoms with Gasteiger partial charge >= 0.3 is 0 Å². The van der Waals surface area contributed by atoms with Crippen molar-refractivity contribution in [3.05, 3.63) is 70.6 Å². The standard InChI is InChI=1S/C18H18ClN3O3S/c1-12-18(13(2)25-21-12)26(23,24)22-17-9-7-16(8-10-17)20-11-14-3-5-15(19)6-4-14/h3-10,20,22H,11H2,1-2H3. The molecule has 8 heteroatoms. The number of anilines is 2. The van der Waals surface area contributed by atoms with E-state index in [1.54, 1.807) is 38.1 Å². The Labute approximate surface area is 157 Å². The van der Waals surface area contributed by atoms with Crippen LogP contribution in [0.3, 0.4) is 0 Å². The molecule has 1 aromatic heterocycles. The Balaban J connectivity index is 1.67. The van der Waals surface area contributed by atoms with Crippen LogP contribution < -0.4 is 10.0 Å². The first-order chi connectivity index (χ1) is 12.3. The summed E-state index contributed by atoms with van der Waals surface area (Å²) in [5.41, 5.74) is 2.76. The SMILES string of the molecule is Cc1noc(C)c1S(=O)(=O)Nc1ccc(NCc2ccc(Cl)cc2)cc1. The van der Waals surface area contributed by atoms with E-state index in [9.17, 15) is 8.42 Å². The summed E-state index contributed by atoms with van der Waals surface area (Å²) in [5.74, 6) is 0.260. The molecule has 0 amide bonds. The predicted molar refractivity (Wildman–Crippen MR) is 102 cm³/mol. The van der Waals surface area contributed by atoms with Crippen LogP contribution in [-0.2, 0) is 16.6 Å². The summed E-state index contributed by atoms with van der Waals surface area (Å²) < 4.78 is 32.5. The zero-order chi connectivity index (χ0) is 18.7. The lowest BCUT2D eigenvalue weighted by atomic mass is 10.2. The Morgan fingerprint density at radius 1 is 1.00 bits per heavy atom. The zero-order valence-corrected chi connectivity index (χ0v) is 15.9. The summed E-state index contributed by atoms with van der Waals surface area (Å²) in [5, 5.41) is 7.65. The Hall–Kier alpha value is -2.51. The van der Waals surface area contributed by atoms with Crippen LogP contribution in [0.15, 0.2) is 57.9 Å². The third kappa shape index (κ3) is 4.17. The normalized spacial score (nSPS) is 11.3. The topological polar surface area (TPSA) is 84.2 Å². The van der Waals surface area contributed by atoms with E-state index in [0.29, 0.717) is 22.9 Å². The van der Waals surface area contributed by atoms with Gasteiger partial charge in [-0.3, -0.25) is 4.72 Å². The molecule has 0 atom stereocenters. The van der Waals surface area contributed by atoms with Gasteiger partial charge in [-0.2, -0.15) is 0 Å². The average Bonchev–Trinajstić information content (AvgIpc) is 2.95. The fraction of sp³-hybridized carbons (Fsp3) is 0.167. The number of aryl methyl sites for hydroxylation is 2. The summed E-state index contributed by atoms with van der Waals surface area (Å²) in [7, 11) is -3.74. The van der Waals surface area contributed by atoms with E-state index in [0.717, 1.165) is 11.3 Å². The number of hydrogen-bond donors (Lipinski definition) is 2. The van der Waals surface area contributed by atoms with Crippen LogP contribution in [0.4, 0.5) is 11.4 Å². The molecule has 0 unspecified atom stereocenters. The first kappa shape index (κ1) is 18.3. The monoisotopic (exact) mass is 391 g/mol. The van der Waals surface area contributed by atoms with Crippen LogP contribution in [0.25, 0.3) is 0 Å². The second-order valence-corrected chi connectivity index (χ2v) is 7.87. The van der Waals surface area contributed by atoms with Gasteiger partial charge in [0.2, 0.25) is 0 Å². The van der Waals surface area contributed by atoms with Crippen LogP contribution in [0.2, 0.25) is 5.02 Å². The van der Waals surface area contributed by atoms with Crippen molar-refractivity contribution in [1.82, 2.24) is 5.16 Å². The van der Waals surface area contributed by atoms with Gasteiger partial charge in [0.15, 0.2) is 10.7 Å². The van der Waals surface area contributed by atoms with Crippen molar-refractivity contribution >= 4 is 33.0 Å². The van der Waals surface area contributed by atoms with Crippen molar-refractivity contribution in [2.75, 3.05) is 10.0 Å². The van der Waals surface area contributed by atoms with E-state index < -0.39 is 10.0 Å². The summed E-state index contributed by atoms with van der Waals surface area (Å²) in [6, 6.07) is 14.6. The van der Waals surface area contributed by atoms with Crippen LogP contribution in [0, 0.1) is 13.8 Å². The fourth-order valence-electron chi connectivity index (χ4n) is 2.53. The van der Waals surface area contributed by atoms with Gasteiger partial charge in [0.05, 0.1) is 0 Å². The van der Waals surface area contributed by atoms with Gasteiger partial charge < -0.3 is 9.84 Å². The third-order valence-corrected chi connectivity index (χ3v) is 5.66. The Kier molecular flexibility index (Phi) is 5.20. The van der Waals surface area contributed by atoms with Crippen LogP contribution >= 0.6 is 11.6 Å². The second kappa shape index (κ2) is 7.39. The molecule has 2 N–H and O–H groups in total. The van der Waals surface area contributed by atoms with Crippen LogP contribution in [0.5, 0.6) is 0 Å². The quantitative estimate of drug-likeness (QED) is 0.652. The molecule has 0 aliphatic rings. The summed E-state index contributed by atoms with van der Waals surface area (Å²) >= 11 is 5.87. The molecule has 136 valence electrons. The van der Waals surface area contributed by atoms with Crippen molar-refractivity contribution in [3.8, 4) is 0 Å². The number of rotatable bonds is 6. The van der Waals surface area contributed by atoms with Crippen LogP contribution in [0.1, 0.15) is 17.0 Å². The lowest BCUT2D eigenvalue weighted by molar-refractivity contribution is 0.390. The molecule has 0 saturated carbocycles. The highest BCUT2D eigenvalue weighted by atomic mass is 35.5. The minimum Gasteiger partial charge on any atom is -0.381 e. The highest BCUT2D eigenvalue weighted by molar-refractivity contribution is 7.92. The lowest BCUT2D eigenvalue weighted by Crippen LogP contribution is -2.14. The van der Waals surface area contributed by atoms with E-state index in [1.807, 2.05) is 24.3 Å². The molecule has 1 heterocycles. The van der Waals surface area contributed by atoms with E-state index in [1.165, 1.54) is 0 Å². The van der Waals surface area contributed by atoms with E-state index in [4.69, 9.17) is 16.1 Å². The highest BCUT2D eigenvalue weighted by Crippen LogP contribution is 2.23. The smallest absolute Gasteiger partial charge is 0.267 e. The van der Waals surface area contributed by atoms with Gasteiger partial charge in [-0.25, -0.2) is 8.42 Å². The van der Waals surface area contributed by atoms with Gasteiger partial charge in [0.1, 0.15) is 5.69 Å². The highest BCUT2D eigenvalue weighted by Gasteiger charge is 2.24. The molecule has 6 nitrogen and oxygen atoms in total. The molecule has 0 aliphatic carbocycles. The van der Waals surface area contributed by atoms with Crippen molar-refractivity contribution in [2.24, 2.45) is 0 Å². The number of nitrogens with zero attached hydrogens (tertiary/aromatic N) is 1. The minimum atomic E-state index is -3.74. The molecule has 0 radical (unpaired) electrons. The Morgan fingerprint density at radius 2 is 1.62 bits per heavy atom. The third-order valence-electron chi connectivity index (χ3n) is 3.78. The van der Waals surface area contributed by atoms with E-state index in [2.05, 4.69) is 15.2 Å². The van der Waals surface area contributed by atoms with Gasteiger partial charge in [0.25, 0.3) is 10.0 Å². The molecular formula is C18H18ClN3O3S. The second-order valence-electron chi connectivity index (χ2n) is 5.82. The Bertz CT molecular complexity index is 978. The van der Waals surface area contributed by atoms with Gasteiger partial charge in [-0.15, -0.1) is 0 Å². The molecule has 0 bridgehead atoms. The van der Waals surface area contributed by atoms with Crippen molar-refractivity contribution in [2.45, 2.75) is 25.3 Å². The number of benzene rings is 2. The molecule has 2 aromatic carbocycles. The molecule has 0 fully saturated rings. The van der Waals surface area contributed by atoms with Crippen molar-refractivity contribution in [1.29, 1.82) is 0 Å². The van der Waals surface area contributed by atoms with E-state index in [-0.39, 0.29) is 10.7 Å². The molecule has 0 spiro atoms. The summed E-state index contributed by atoms with van der Waals surface area (Å²) in [6.45, 7) is 3.80. The number of aromatic nitrogens is 1. The first-order valence-corrected chi connectivity index (χ1v) is 9.75. The molecule has 0 saturated heterocycles. The lowest BCUT2D eigenvalue weighted by Gasteiger charge is -2.10. The first-order valence-electron chi connectivity index (χ1n) is 7.89. The largest absolute Gasteiger partial charge is 0.381 e. The molecule has 3 rings (SSSR count). The number of hydrogen-bond acceptors (Lipinski definition) is 5. The summed E-state index contributed by atoms with van der Waals surface area (Å²) in [6.07, 6.45) is 0. The maximum atomic E-state index is 12.5. The molecular weight excluding hydrogens is 374 g/mol. The number of sulfonamides is 1. The summed E-state index contributed by atoms with van der Waals surface area (Å²) in [4.78, 5) is 0.0717. The van der Waals surface area contributed by atoms with Crippen molar-refractivity contribution < 1.29 is 12.9 Å². The molecule has 3 aromatic rings. The van der Waals surface area contributed by atoms with E-state index >= 15 is 0 Å². The maximum Gasteiger partial charge on any atom is 0.267 e. The van der Waals surface area contributed by atoms with Crippen molar-refractivity contribution in [3.63, 3.8) is 0 Å². The van der Waals surface area contributed by atoms with Gasteiger partial charge in [0, 0.05) is 22.9 Å². The minimum absolute atomic E-state index is 0.0717. The van der Waals surface area contributed by atoms with Crippen LogP contribution in [-0.4, -0.2) is 13.6 Å². The molecule has 0 aliphatic heterocycles. The maximum absolute atomic E-state index is 12.5. The fourth-order valence-corrected chi connectivity index (χ4v) is 4.04. The average molecular weight is 392 g/mol.